The first-order valence-electron chi connectivity index (χ1n) is 19.5. The van der Waals surface area contributed by atoms with Gasteiger partial charge < -0.3 is 0 Å². The van der Waals surface area contributed by atoms with Crippen LogP contribution in [-0.2, 0) is 0 Å². The van der Waals surface area contributed by atoms with Crippen molar-refractivity contribution >= 4 is 89.8 Å². The highest BCUT2D eigenvalue weighted by atomic mass is 32.2. The molecule has 1 aliphatic heterocycles. The highest BCUT2D eigenvalue weighted by Gasteiger charge is 2.48. The molecule has 4 nitrogen and oxygen atoms in total. The molecule has 7 heteroatoms. The van der Waals surface area contributed by atoms with Crippen LogP contribution in [0.25, 0.3) is 54.9 Å². The van der Waals surface area contributed by atoms with Crippen LogP contribution in [0.2, 0.25) is 0 Å². The van der Waals surface area contributed by atoms with Gasteiger partial charge in [-0.1, -0.05) is 139 Å². The second kappa shape index (κ2) is 12.9. The van der Waals surface area contributed by atoms with Crippen molar-refractivity contribution in [2.75, 3.05) is 0 Å². The summed E-state index contributed by atoms with van der Waals surface area (Å²) in [5.41, 5.74) is 5.93. The molecule has 1 atom stereocenters. The number of imidazole rings is 1. The predicted octanol–water partition coefficient (Wildman–Crippen LogP) is 10.0. The van der Waals surface area contributed by atoms with Gasteiger partial charge in [0.15, 0.2) is 14.2 Å². The molecular formula is C51H33FN4SSi. The van der Waals surface area contributed by atoms with Crippen LogP contribution in [0.5, 0.6) is 0 Å². The van der Waals surface area contributed by atoms with Gasteiger partial charge in [-0.15, -0.1) is 0 Å². The molecule has 0 spiro atoms. The number of benzene rings is 7. The van der Waals surface area contributed by atoms with Gasteiger partial charge in [-0.25, -0.2) is 14.4 Å². The summed E-state index contributed by atoms with van der Waals surface area (Å²) in [7, 11) is -2.97. The molecule has 0 N–H and O–H groups in total. The van der Waals surface area contributed by atoms with Gasteiger partial charge in [0.25, 0.3) is 0 Å². The zero-order valence-electron chi connectivity index (χ0n) is 31.1. The van der Waals surface area contributed by atoms with Gasteiger partial charge in [0.05, 0.1) is 11.0 Å². The molecular weight excluding hydrogens is 748 g/mol. The number of fused-ring (bicyclic) bond motifs is 12. The van der Waals surface area contributed by atoms with Gasteiger partial charge in [-0.05, 0) is 85.8 Å². The smallest absolute Gasteiger partial charge is 0.184 e. The van der Waals surface area contributed by atoms with Crippen molar-refractivity contribution in [3.8, 4) is 5.69 Å². The lowest BCUT2D eigenvalue weighted by Gasteiger charge is -2.40. The first-order valence-corrected chi connectivity index (χ1v) is 22.3. The quantitative estimate of drug-likeness (QED) is 0.129. The standard InChI is InChI=1S/C51H33FN4SSi/c52-47(34-24-25-38-39-19-7-8-21-43(39)55-30-29-54-50(55)42(38)32-34)33-13-11-14-35(31-33)56-48-40(41-20-12-28-53-51(41)56)26-27-45-49(48)58(36-15-3-1-4-16-36,37-17-5-2-6-18-37)46-23-10-9-22-44(46)57-45/h1-32,47H. The van der Waals surface area contributed by atoms with E-state index in [2.05, 4.69) is 130 Å². The Morgan fingerprint density at radius 1 is 0.517 bits per heavy atom. The van der Waals surface area contributed by atoms with Crippen LogP contribution in [0.15, 0.2) is 204 Å². The molecule has 5 heterocycles. The predicted molar refractivity (Wildman–Crippen MR) is 239 cm³/mol. The maximum absolute atomic E-state index is 17.2. The number of aromatic nitrogens is 4. The van der Waals surface area contributed by atoms with E-state index in [4.69, 9.17) is 9.97 Å². The second-order valence-electron chi connectivity index (χ2n) is 15.0. The number of rotatable bonds is 5. The van der Waals surface area contributed by atoms with E-state index < -0.39 is 14.2 Å². The van der Waals surface area contributed by atoms with Gasteiger partial charge in [0, 0.05) is 55.6 Å². The lowest BCUT2D eigenvalue weighted by atomic mass is 9.98. The molecule has 1 unspecified atom stereocenters. The Labute approximate surface area is 338 Å². The molecule has 7 aromatic carbocycles. The molecule has 0 aliphatic carbocycles. The molecule has 0 bridgehead atoms. The number of alkyl halides is 1. The largest absolute Gasteiger partial charge is 0.299 e. The first-order chi connectivity index (χ1) is 28.7. The Hall–Kier alpha value is -6.80. The van der Waals surface area contributed by atoms with Crippen LogP contribution in [-0.4, -0.2) is 27.0 Å². The van der Waals surface area contributed by atoms with Crippen molar-refractivity contribution in [1.82, 2.24) is 18.9 Å². The summed E-state index contributed by atoms with van der Waals surface area (Å²) in [6, 6.07) is 62.2. The molecule has 0 fully saturated rings. The third kappa shape index (κ3) is 4.68. The Kier molecular flexibility index (Phi) is 7.39. The zero-order chi connectivity index (χ0) is 38.4. The van der Waals surface area contributed by atoms with E-state index in [1.165, 1.54) is 30.5 Å². The third-order valence-corrected chi connectivity index (χ3v) is 18.4. The summed E-state index contributed by atoms with van der Waals surface area (Å²) in [4.78, 5) is 12.3. The summed E-state index contributed by atoms with van der Waals surface area (Å²) in [5.74, 6) is 0. The van der Waals surface area contributed by atoms with Crippen LogP contribution in [0.1, 0.15) is 17.3 Å². The number of nitrogens with zero attached hydrogens (tertiary/aromatic N) is 4. The molecule has 0 amide bonds. The summed E-state index contributed by atoms with van der Waals surface area (Å²) < 4.78 is 21.6. The fraction of sp³-hybridized carbons (Fsp3) is 0.0196. The summed E-state index contributed by atoms with van der Waals surface area (Å²) in [6.45, 7) is 0. The van der Waals surface area contributed by atoms with Crippen molar-refractivity contribution in [2.24, 2.45) is 0 Å². The third-order valence-electron chi connectivity index (χ3n) is 12.0. The number of para-hydroxylation sites is 1. The maximum Gasteiger partial charge on any atom is 0.184 e. The summed E-state index contributed by atoms with van der Waals surface area (Å²) in [6.07, 6.45) is 4.28. The highest BCUT2D eigenvalue weighted by Crippen LogP contribution is 2.40. The fourth-order valence-corrected chi connectivity index (χ4v) is 16.8. The molecule has 0 saturated heterocycles. The van der Waals surface area contributed by atoms with Crippen LogP contribution >= 0.6 is 11.8 Å². The van der Waals surface area contributed by atoms with E-state index in [1.807, 2.05) is 84.9 Å². The number of halogens is 1. The molecule has 58 heavy (non-hydrogen) atoms. The lowest BCUT2D eigenvalue weighted by molar-refractivity contribution is 0.402. The van der Waals surface area contributed by atoms with E-state index >= 15 is 4.39 Å². The molecule has 12 rings (SSSR count). The summed E-state index contributed by atoms with van der Waals surface area (Å²) in [5, 5.41) is 10.6. The van der Waals surface area contributed by atoms with E-state index in [1.54, 1.807) is 0 Å². The summed E-state index contributed by atoms with van der Waals surface area (Å²) >= 11 is 1.85. The van der Waals surface area contributed by atoms with Crippen molar-refractivity contribution in [1.29, 1.82) is 0 Å². The number of hydrogen-bond acceptors (Lipinski definition) is 3. The molecule has 274 valence electrons. The number of hydrogen-bond donors (Lipinski definition) is 0. The molecule has 1 aliphatic rings. The van der Waals surface area contributed by atoms with Gasteiger partial charge in [-0.3, -0.25) is 8.97 Å². The average molecular weight is 781 g/mol. The minimum absolute atomic E-state index is 0.585. The maximum atomic E-state index is 17.2. The second-order valence-corrected chi connectivity index (χ2v) is 19.8. The SMILES string of the molecule is FC(c1cccc(-n2c3ncccc3c3ccc4c(c32)[Si](c2ccccc2)(c2ccccc2)c2ccccc2S4)c1)c1ccc2c3ccccc3n3ccnc3c2c1. The van der Waals surface area contributed by atoms with E-state index in [9.17, 15) is 0 Å². The van der Waals surface area contributed by atoms with Crippen LogP contribution < -0.4 is 20.7 Å². The fourth-order valence-electron chi connectivity index (χ4n) is 9.64. The first kappa shape index (κ1) is 33.3. The normalized spacial score (nSPS) is 13.9. The lowest BCUT2D eigenvalue weighted by Crippen LogP contribution is -2.76. The van der Waals surface area contributed by atoms with Gasteiger partial charge in [0.2, 0.25) is 0 Å². The van der Waals surface area contributed by atoms with E-state index in [0.717, 1.165) is 54.9 Å². The van der Waals surface area contributed by atoms with Gasteiger partial charge in [0.1, 0.15) is 11.3 Å². The van der Waals surface area contributed by atoms with Gasteiger partial charge in [-0.2, -0.15) is 0 Å². The highest BCUT2D eigenvalue weighted by molar-refractivity contribution is 8.00. The Balaban J connectivity index is 1.12. The van der Waals surface area contributed by atoms with Crippen molar-refractivity contribution in [3.05, 3.63) is 206 Å². The molecule has 11 aromatic rings. The van der Waals surface area contributed by atoms with Crippen molar-refractivity contribution in [2.45, 2.75) is 16.0 Å². The monoisotopic (exact) mass is 780 g/mol. The van der Waals surface area contributed by atoms with Crippen LogP contribution in [0, 0.1) is 0 Å². The van der Waals surface area contributed by atoms with Crippen LogP contribution in [0.4, 0.5) is 4.39 Å². The molecule has 4 aromatic heterocycles. The molecule has 0 radical (unpaired) electrons. The topological polar surface area (TPSA) is 35.1 Å². The van der Waals surface area contributed by atoms with Crippen molar-refractivity contribution < 1.29 is 4.39 Å². The minimum Gasteiger partial charge on any atom is -0.299 e. The minimum atomic E-state index is -2.97. The Morgan fingerprint density at radius 3 is 2.07 bits per heavy atom. The van der Waals surface area contributed by atoms with Gasteiger partial charge >= 0.3 is 0 Å². The van der Waals surface area contributed by atoms with E-state index in [0.29, 0.717) is 11.1 Å². The van der Waals surface area contributed by atoms with Crippen molar-refractivity contribution in [3.63, 3.8) is 0 Å². The Morgan fingerprint density at radius 2 is 1.22 bits per heavy atom. The van der Waals surface area contributed by atoms with Crippen LogP contribution in [0.3, 0.4) is 0 Å². The Bertz CT molecular complexity index is 3370. The van der Waals surface area contributed by atoms with E-state index in [-0.39, 0.29) is 0 Å². The zero-order valence-corrected chi connectivity index (χ0v) is 32.9. The average Bonchev–Trinajstić information content (AvgIpc) is 3.93. The molecule has 0 saturated carbocycles. The number of pyridine rings is 2.